The number of aromatic amines is 1. The van der Waals surface area contributed by atoms with Gasteiger partial charge in [-0.1, -0.05) is 6.07 Å². The minimum atomic E-state index is -0.706. The predicted molar refractivity (Wildman–Crippen MR) is 92.7 cm³/mol. The molecule has 0 fully saturated rings. The lowest BCUT2D eigenvalue weighted by molar-refractivity contribution is 0.100. The molecule has 10 heteroatoms. The Hall–Kier alpha value is -3.69. The van der Waals surface area contributed by atoms with E-state index in [1.807, 2.05) is 0 Å². The number of aromatic nitrogens is 4. The first kappa shape index (κ1) is 17.1. The van der Waals surface area contributed by atoms with E-state index in [4.69, 9.17) is 10.5 Å². The molecule has 9 nitrogen and oxygen atoms in total. The first-order valence-corrected chi connectivity index (χ1v) is 7.56. The Bertz CT molecular complexity index is 915. The summed E-state index contributed by atoms with van der Waals surface area (Å²) in [7, 11) is 1.45. The molecule has 3 rings (SSSR count). The molecular formula is C16H16FN7O2. The number of H-pyrrole nitrogens is 1. The summed E-state index contributed by atoms with van der Waals surface area (Å²) in [6.45, 7) is 0.0400. The van der Waals surface area contributed by atoms with Crippen molar-refractivity contribution in [3.63, 3.8) is 0 Å². The topological polar surface area (TPSA) is 131 Å². The molecule has 0 aliphatic rings. The summed E-state index contributed by atoms with van der Waals surface area (Å²) in [4.78, 5) is 19.9. The first-order valence-electron chi connectivity index (χ1n) is 7.56. The van der Waals surface area contributed by atoms with Gasteiger partial charge in [-0.3, -0.25) is 9.89 Å². The van der Waals surface area contributed by atoms with Crippen molar-refractivity contribution >= 4 is 23.4 Å². The first-order chi connectivity index (χ1) is 12.6. The molecule has 3 aromatic rings. The van der Waals surface area contributed by atoms with Crippen molar-refractivity contribution in [1.29, 1.82) is 0 Å². The van der Waals surface area contributed by atoms with Crippen molar-refractivity contribution in [2.45, 2.75) is 6.54 Å². The van der Waals surface area contributed by atoms with Gasteiger partial charge in [-0.2, -0.15) is 10.1 Å². The number of hydrogen-bond donors (Lipinski definition) is 4. The van der Waals surface area contributed by atoms with Gasteiger partial charge in [-0.15, -0.1) is 0 Å². The van der Waals surface area contributed by atoms with Crippen LogP contribution in [0.2, 0.25) is 0 Å². The molecule has 1 amide bonds. The molecule has 134 valence electrons. The zero-order valence-corrected chi connectivity index (χ0v) is 13.8. The molecule has 0 aliphatic heterocycles. The van der Waals surface area contributed by atoms with Crippen molar-refractivity contribution in [1.82, 2.24) is 20.2 Å². The Morgan fingerprint density at radius 1 is 1.38 bits per heavy atom. The van der Waals surface area contributed by atoms with Gasteiger partial charge in [-0.05, 0) is 12.1 Å². The Balaban J connectivity index is 1.86. The second-order valence-corrected chi connectivity index (χ2v) is 5.21. The Kier molecular flexibility index (Phi) is 4.92. The highest BCUT2D eigenvalue weighted by molar-refractivity contribution is 5.97. The van der Waals surface area contributed by atoms with E-state index in [9.17, 15) is 9.18 Å². The molecule has 0 spiro atoms. The van der Waals surface area contributed by atoms with Crippen LogP contribution < -0.4 is 21.1 Å². The van der Waals surface area contributed by atoms with Gasteiger partial charge in [0.05, 0.1) is 24.6 Å². The third-order valence-electron chi connectivity index (χ3n) is 3.54. The fraction of sp³-hybridized carbons (Fsp3) is 0.125. The second-order valence-electron chi connectivity index (χ2n) is 5.21. The van der Waals surface area contributed by atoms with Crippen LogP contribution in [-0.2, 0) is 6.54 Å². The van der Waals surface area contributed by atoms with E-state index in [0.717, 1.165) is 0 Å². The monoisotopic (exact) mass is 357 g/mol. The number of primary amides is 1. The van der Waals surface area contributed by atoms with Crippen LogP contribution in [0.25, 0.3) is 0 Å². The van der Waals surface area contributed by atoms with Crippen LogP contribution in [0, 0.1) is 5.82 Å². The number of rotatable bonds is 7. The van der Waals surface area contributed by atoms with Crippen LogP contribution >= 0.6 is 0 Å². The van der Waals surface area contributed by atoms with Gasteiger partial charge < -0.3 is 21.1 Å². The lowest BCUT2D eigenvalue weighted by atomic mass is 10.2. The minimum absolute atomic E-state index is 0.0400. The zero-order chi connectivity index (χ0) is 18.5. The number of hydrogen-bond acceptors (Lipinski definition) is 7. The average molecular weight is 357 g/mol. The zero-order valence-electron chi connectivity index (χ0n) is 13.8. The Morgan fingerprint density at radius 3 is 2.92 bits per heavy atom. The molecule has 2 heterocycles. The van der Waals surface area contributed by atoms with Crippen LogP contribution in [0.3, 0.4) is 0 Å². The van der Waals surface area contributed by atoms with E-state index >= 15 is 0 Å². The highest BCUT2D eigenvalue weighted by Gasteiger charge is 2.15. The number of benzene rings is 1. The molecule has 2 aromatic heterocycles. The quantitative estimate of drug-likeness (QED) is 0.507. The summed E-state index contributed by atoms with van der Waals surface area (Å²) in [6, 6.07) is 4.51. The van der Waals surface area contributed by atoms with E-state index in [0.29, 0.717) is 17.0 Å². The van der Waals surface area contributed by atoms with E-state index in [2.05, 4.69) is 30.8 Å². The van der Waals surface area contributed by atoms with Crippen LogP contribution in [0.5, 0.6) is 5.75 Å². The standard InChI is InChI=1S/C16H16FN7O2/c1-26-13-4-2-3-12(17)10(13)7-19-15-11(14(18)25)8-20-16(24-15)23-9-5-21-22-6-9/h2-6,8H,7H2,1H3,(H2,18,25)(H,21,22)(H2,19,20,23,24). The average Bonchev–Trinajstić information content (AvgIpc) is 3.13. The normalized spacial score (nSPS) is 10.4. The number of ether oxygens (including phenoxy) is 1. The Labute approximate surface area is 147 Å². The van der Waals surface area contributed by atoms with Crippen molar-refractivity contribution < 1.29 is 13.9 Å². The smallest absolute Gasteiger partial charge is 0.254 e. The summed E-state index contributed by atoms with van der Waals surface area (Å²) in [5.74, 6) is -0.377. The number of nitrogens with zero attached hydrogens (tertiary/aromatic N) is 3. The van der Waals surface area contributed by atoms with Gasteiger partial charge >= 0.3 is 0 Å². The molecule has 5 N–H and O–H groups in total. The molecule has 0 bridgehead atoms. The molecule has 0 radical (unpaired) electrons. The van der Waals surface area contributed by atoms with Crippen LogP contribution in [0.1, 0.15) is 15.9 Å². The highest BCUT2D eigenvalue weighted by atomic mass is 19.1. The molecule has 0 unspecified atom stereocenters. The van der Waals surface area contributed by atoms with Crippen molar-refractivity contribution in [2.75, 3.05) is 17.7 Å². The summed E-state index contributed by atoms with van der Waals surface area (Å²) in [5.41, 5.74) is 6.38. The lowest BCUT2D eigenvalue weighted by Gasteiger charge is -2.13. The maximum Gasteiger partial charge on any atom is 0.254 e. The summed E-state index contributed by atoms with van der Waals surface area (Å²) < 4.78 is 19.2. The predicted octanol–water partition coefficient (Wildman–Crippen LogP) is 1.80. The summed E-state index contributed by atoms with van der Waals surface area (Å²) in [5, 5.41) is 12.3. The number of anilines is 3. The Morgan fingerprint density at radius 2 is 2.23 bits per heavy atom. The molecule has 0 saturated heterocycles. The van der Waals surface area contributed by atoms with Crippen molar-refractivity contribution in [2.24, 2.45) is 5.73 Å². The van der Waals surface area contributed by atoms with Gasteiger partial charge in [0, 0.05) is 24.5 Å². The third kappa shape index (κ3) is 3.69. The largest absolute Gasteiger partial charge is 0.496 e. The minimum Gasteiger partial charge on any atom is -0.496 e. The number of amides is 1. The van der Waals surface area contributed by atoms with Crippen molar-refractivity contribution in [3.8, 4) is 5.75 Å². The molecule has 0 aliphatic carbocycles. The lowest BCUT2D eigenvalue weighted by Crippen LogP contribution is -2.17. The molecule has 26 heavy (non-hydrogen) atoms. The number of halogens is 1. The number of nitrogens with one attached hydrogen (secondary N) is 3. The third-order valence-corrected chi connectivity index (χ3v) is 3.54. The SMILES string of the molecule is COc1cccc(F)c1CNc1nc(Nc2cn[nH]c2)ncc1C(N)=O. The van der Waals surface area contributed by atoms with Crippen LogP contribution in [0.4, 0.5) is 21.8 Å². The number of nitrogens with two attached hydrogens (primary N) is 1. The fourth-order valence-electron chi connectivity index (χ4n) is 2.28. The van der Waals surface area contributed by atoms with E-state index < -0.39 is 11.7 Å². The van der Waals surface area contributed by atoms with Crippen LogP contribution in [0.15, 0.2) is 36.8 Å². The molecule has 0 atom stereocenters. The van der Waals surface area contributed by atoms with Gasteiger partial charge in [-0.25, -0.2) is 9.37 Å². The van der Waals surface area contributed by atoms with Gasteiger partial charge in [0.2, 0.25) is 5.95 Å². The highest BCUT2D eigenvalue weighted by Crippen LogP contribution is 2.23. The maximum atomic E-state index is 14.1. The van der Waals surface area contributed by atoms with Crippen LogP contribution in [-0.4, -0.2) is 33.2 Å². The molecule has 1 aromatic carbocycles. The van der Waals surface area contributed by atoms with E-state index in [1.165, 1.54) is 19.4 Å². The second kappa shape index (κ2) is 7.47. The number of carbonyl (C=O) groups is 1. The van der Waals surface area contributed by atoms with E-state index in [1.54, 1.807) is 24.5 Å². The summed E-state index contributed by atoms with van der Waals surface area (Å²) >= 11 is 0. The van der Waals surface area contributed by atoms with E-state index in [-0.39, 0.29) is 23.9 Å². The number of methoxy groups -OCH3 is 1. The van der Waals surface area contributed by atoms with Gasteiger partial charge in [0.25, 0.3) is 5.91 Å². The van der Waals surface area contributed by atoms with Gasteiger partial charge in [0.1, 0.15) is 17.4 Å². The molecular weight excluding hydrogens is 341 g/mol. The number of carbonyl (C=O) groups excluding carboxylic acids is 1. The fourth-order valence-corrected chi connectivity index (χ4v) is 2.28. The summed E-state index contributed by atoms with van der Waals surface area (Å²) in [6.07, 6.45) is 4.45. The van der Waals surface area contributed by atoms with Crippen molar-refractivity contribution in [3.05, 3.63) is 53.7 Å². The van der Waals surface area contributed by atoms with Gasteiger partial charge in [0.15, 0.2) is 0 Å². The maximum absolute atomic E-state index is 14.1. The molecule has 0 saturated carbocycles.